The van der Waals surface area contributed by atoms with Gasteiger partial charge in [0, 0.05) is 22.9 Å². The van der Waals surface area contributed by atoms with Gasteiger partial charge in [0.1, 0.15) is 21.4 Å². The Hall–Kier alpha value is -1.69. The quantitative estimate of drug-likeness (QED) is 0.797. The molecule has 2 rings (SSSR count). The standard InChI is InChI=1S/C15H18FNO3S/c1-10-11(2)17-14-6-5-12(16)9-13(14)15(10)20-7-4-8-21(3,18)19/h5-6,9H,4,7-8H2,1-3H3. The summed E-state index contributed by atoms with van der Waals surface area (Å²) in [4.78, 5) is 4.40. The minimum absolute atomic E-state index is 0.0718. The van der Waals surface area contributed by atoms with E-state index in [1.807, 2.05) is 13.8 Å². The van der Waals surface area contributed by atoms with Crippen molar-refractivity contribution in [3.8, 4) is 5.75 Å². The van der Waals surface area contributed by atoms with Crippen LogP contribution in [0.4, 0.5) is 4.39 Å². The molecule has 21 heavy (non-hydrogen) atoms. The van der Waals surface area contributed by atoms with Gasteiger partial charge < -0.3 is 4.74 Å². The van der Waals surface area contributed by atoms with Crippen LogP contribution in [-0.4, -0.2) is 32.0 Å². The summed E-state index contributed by atoms with van der Waals surface area (Å²) in [5.74, 6) is 0.293. The van der Waals surface area contributed by atoms with Crippen LogP contribution in [0, 0.1) is 19.7 Å². The molecule has 0 aliphatic rings. The van der Waals surface area contributed by atoms with Gasteiger partial charge in [-0.2, -0.15) is 0 Å². The van der Waals surface area contributed by atoms with Crippen molar-refractivity contribution in [3.63, 3.8) is 0 Å². The molecule has 4 nitrogen and oxygen atoms in total. The van der Waals surface area contributed by atoms with E-state index in [1.54, 1.807) is 6.07 Å². The van der Waals surface area contributed by atoms with E-state index in [1.165, 1.54) is 18.4 Å². The monoisotopic (exact) mass is 311 g/mol. The number of hydrogen-bond donors (Lipinski definition) is 0. The van der Waals surface area contributed by atoms with Crippen LogP contribution in [0.1, 0.15) is 17.7 Å². The number of rotatable bonds is 5. The fourth-order valence-electron chi connectivity index (χ4n) is 2.10. The Labute approximate surface area is 123 Å². The third-order valence-corrected chi connectivity index (χ3v) is 4.31. The predicted octanol–water partition coefficient (Wildman–Crippen LogP) is 2.80. The molecular formula is C15H18FNO3S. The molecule has 0 aliphatic heterocycles. The number of fused-ring (bicyclic) bond motifs is 1. The normalized spacial score (nSPS) is 11.8. The summed E-state index contributed by atoms with van der Waals surface area (Å²) in [6.45, 7) is 3.99. The molecule has 0 spiro atoms. The van der Waals surface area contributed by atoms with E-state index in [-0.39, 0.29) is 18.2 Å². The Balaban J connectivity index is 2.29. The van der Waals surface area contributed by atoms with E-state index in [9.17, 15) is 12.8 Å². The predicted molar refractivity (Wildman–Crippen MR) is 81.0 cm³/mol. The Bertz CT molecular complexity index is 772. The van der Waals surface area contributed by atoms with Crippen LogP contribution in [0.25, 0.3) is 10.9 Å². The van der Waals surface area contributed by atoms with Crippen molar-refractivity contribution < 1.29 is 17.5 Å². The molecule has 0 fully saturated rings. The van der Waals surface area contributed by atoms with Crippen molar-refractivity contribution in [2.24, 2.45) is 0 Å². The molecule has 0 unspecified atom stereocenters. The lowest BCUT2D eigenvalue weighted by molar-refractivity contribution is 0.319. The van der Waals surface area contributed by atoms with Crippen LogP contribution >= 0.6 is 0 Å². The van der Waals surface area contributed by atoms with Gasteiger partial charge in [-0.05, 0) is 38.5 Å². The molecule has 0 N–H and O–H groups in total. The fourth-order valence-corrected chi connectivity index (χ4v) is 2.74. The topological polar surface area (TPSA) is 56.3 Å². The first-order chi connectivity index (χ1) is 9.78. The molecule has 0 radical (unpaired) electrons. The van der Waals surface area contributed by atoms with E-state index >= 15 is 0 Å². The SMILES string of the molecule is Cc1nc2ccc(F)cc2c(OCCCS(C)(=O)=O)c1C. The summed E-state index contributed by atoms with van der Waals surface area (Å²) in [6.07, 6.45) is 1.59. The smallest absolute Gasteiger partial charge is 0.147 e. The number of benzene rings is 1. The van der Waals surface area contributed by atoms with Gasteiger partial charge in [-0.25, -0.2) is 12.8 Å². The summed E-state index contributed by atoms with van der Waals surface area (Å²) in [5, 5.41) is 0.609. The van der Waals surface area contributed by atoms with Gasteiger partial charge >= 0.3 is 0 Å². The maximum atomic E-state index is 13.4. The van der Waals surface area contributed by atoms with Gasteiger partial charge in [0.25, 0.3) is 0 Å². The highest BCUT2D eigenvalue weighted by atomic mass is 32.2. The minimum atomic E-state index is -3.00. The highest BCUT2D eigenvalue weighted by Crippen LogP contribution is 2.30. The number of aromatic nitrogens is 1. The third kappa shape index (κ3) is 3.91. The zero-order valence-electron chi connectivity index (χ0n) is 12.3. The van der Waals surface area contributed by atoms with E-state index in [2.05, 4.69) is 4.98 Å². The Morgan fingerprint density at radius 3 is 2.67 bits per heavy atom. The summed E-state index contributed by atoms with van der Waals surface area (Å²) >= 11 is 0. The van der Waals surface area contributed by atoms with Gasteiger partial charge in [-0.15, -0.1) is 0 Å². The molecule has 0 amide bonds. The Morgan fingerprint density at radius 2 is 2.00 bits per heavy atom. The van der Waals surface area contributed by atoms with Gasteiger partial charge in [0.05, 0.1) is 17.9 Å². The number of ether oxygens (including phenoxy) is 1. The lowest BCUT2D eigenvalue weighted by Gasteiger charge is -2.14. The molecule has 1 aromatic carbocycles. The van der Waals surface area contributed by atoms with Crippen molar-refractivity contribution in [2.75, 3.05) is 18.6 Å². The number of nitrogens with zero attached hydrogens (tertiary/aromatic N) is 1. The van der Waals surface area contributed by atoms with E-state index < -0.39 is 9.84 Å². The lowest BCUT2D eigenvalue weighted by Crippen LogP contribution is -2.09. The molecule has 0 saturated heterocycles. The highest BCUT2D eigenvalue weighted by molar-refractivity contribution is 7.90. The largest absolute Gasteiger partial charge is 0.493 e. The number of aryl methyl sites for hydroxylation is 1. The van der Waals surface area contributed by atoms with Gasteiger partial charge in [-0.1, -0.05) is 0 Å². The molecule has 1 aromatic heterocycles. The molecular weight excluding hydrogens is 293 g/mol. The molecule has 0 aliphatic carbocycles. The van der Waals surface area contributed by atoms with Gasteiger partial charge in [0.15, 0.2) is 0 Å². The first-order valence-electron chi connectivity index (χ1n) is 6.65. The highest BCUT2D eigenvalue weighted by Gasteiger charge is 2.12. The first-order valence-corrected chi connectivity index (χ1v) is 8.71. The second kappa shape index (κ2) is 5.97. The van der Waals surface area contributed by atoms with E-state index in [4.69, 9.17) is 4.74 Å². The Morgan fingerprint density at radius 1 is 1.29 bits per heavy atom. The third-order valence-electron chi connectivity index (χ3n) is 3.28. The Kier molecular flexibility index (Phi) is 4.46. The summed E-state index contributed by atoms with van der Waals surface area (Å²) in [6, 6.07) is 4.36. The zero-order valence-corrected chi connectivity index (χ0v) is 13.1. The second-order valence-corrected chi connectivity index (χ2v) is 7.40. The van der Waals surface area contributed by atoms with Gasteiger partial charge in [0.2, 0.25) is 0 Å². The minimum Gasteiger partial charge on any atom is -0.493 e. The van der Waals surface area contributed by atoms with Crippen LogP contribution in [0.15, 0.2) is 18.2 Å². The van der Waals surface area contributed by atoms with Gasteiger partial charge in [-0.3, -0.25) is 4.98 Å². The molecule has 6 heteroatoms. The van der Waals surface area contributed by atoms with Crippen LogP contribution in [0.3, 0.4) is 0 Å². The number of hydrogen-bond acceptors (Lipinski definition) is 4. The summed E-state index contributed by atoms with van der Waals surface area (Å²) in [7, 11) is -3.00. The lowest BCUT2D eigenvalue weighted by atomic mass is 10.1. The van der Waals surface area contributed by atoms with E-state index in [0.29, 0.717) is 23.1 Å². The van der Waals surface area contributed by atoms with Crippen molar-refractivity contribution in [2.45, 2.75) is 20.3 Å². The molecule has 0 saturated carbocycles. The number of sulfone groups is 1. The van der Waals surface area contributed by atoms with Crippen LogP contribution in [-0.2, 0) is 9.84 Å². The molecule has 0 bridgehead atoms. The first kappa shape index (κ1) is 15.7. The molecule has 114 valence electrons. The maximum Gasteiger partial charge on any atom is 0.147 e. The average molecular weight is 311 g/mol. The van der Waals surface area contributed by atoms with Crippen LogP contribution in [0.5, 0.6) is 5.75 Å². The summed E-state index contributed by atoms with van der Waals surface area (Å²) < 4.78 is 41.4. The van der Waals surface area contributed by atoms with Crippen molar-refractivity contribution in [3.05, 3.63) is 35.3 Å². The molecule has 2 aromatic rings. The van der Waals surface area contributed by atoms with E-state index in [0.717, 1.165) is 11.3 Å². The van der Waals surface area contributed by atoms with Crippen molar-refractivity contribution in [1.29, 1.82) is 0 Å². The average Bonchev–Trinajstić information content (AvgIpc) is 2.38. The fraction of sp³-hybridized carbons (Fsp3) is 0.400. The van der Waals surface area contributed by atoms with Crippen molar-refractivity contribution >= 4 is 20.7 Å². The number of pyridine rings is 1. The van der Waals surface area contributed by atoms with Crippen LogP contribution < -0.4 is 4.74 Å². The summed E-state index contributed by atoms with van der Waals surface area (Å²) in [5.41, 5.74) is 2.32. The molecule has 1 heterocycles. The number of halogens is 1. The second-order valence-electron chi connectivity index (χ2n) is 5.14. The molecule has 0 atom stereocenters. The zero-order chi connectivity index (χ0) is 15.6. The van der Waals surface area contributed by atoms with Crippen molar-refractivity contribution in [1.82, 2.24) is 4.98 Å². The maximum absolute atomic E-state index is 13.4. The van der Waals surface area contributed by atoms with Crippen LogP contribution in [0.2, 0.25) is 0 Å².